The number of hydrogen-bond acceptors (Lipinski definition) is 3. The Morgan fingerprint density at radius 3 is 2.67 bits per heavy atom. The van der Waals surface area contributed by atoms with Gasteiger partial charge in [-0.2, -0.15) is 0 Å². The summed E-state index contributed by atoms with van der Waals surface area (Å²) in [6.07, 6.45) is 2.72. The Balaban J connectivity index is 2.53. The molecule has 2 nitrogen and oxygen atoms in total. The van der Waals surface area contributed by atoms with Crippen molar-refractivity contribution in [3.8, 4) is 0 Å². The van der Waals surface area contributed by atoms with Crippen molar-refractivity contribution in [2.24, 2.45) is 11.1 Å². The van der Waals surface area contributed by atoms with Crippen LogP contribution in [0.4, 0.5) is 0 Å². The fourth-order valence-corrected chi connectivity index (χ4v) is 1.52. The molecule has 0 aliphatic heterocycles. The summed E-state index contributed by atoms with van der Waals surface area (Å²) < 4.78 is 0. The summed E-state index contributed by atoms with van der Waals surface area (Å²) >= 11 is 1.68. The van der Waals surface area contributed by atoms with Crippen LogP contribution in [-0.2, 0) is 6.42 Å². The van der Waals surface area contributed by atoms with Crippen molar-refractivity contribution in [2.75, 3.05) is 0 Å². The van der Waals surface area contributed by atoms with Gasteiger partial charge in [0.1, 0.15) is 0 Å². The van der Waals surface area contributed by atoms with E-state index in [0.717, 1.165) is 11.4 Å². The number of thiazole rings is 1. The maximum Gasteiger partial charge on any atom is 0.0940 e. The third-order valence-electron chi connectivity index (χ3n) is 1.99. The van der Waals surface area contributed by atoms with E-state index in [2.05, 4.69) is 25.8 Å². The molecule has 0 aliphatic rings. The van der Waals surface area contributed by atoms with Crippen molar-refractivity contribution in [1.29, 1.82) is 0 Å². The summed E-state index contributed by atoms with van der Waals surface area (Å²) in [7, 11) is 0. The topological polar surface area (TPSA) is 38.9 Å². The normalized spacial score (nSPS) is 14.7. The van der Waals surface area contributed by atoms with Crippen LogP contribution in [-0.4, -0.2) is 11.0 Å². The van der Waals surface area contributed by atoms with Crippen molar-refractivity contribution in [1.82, 2.24) is 4.98 Å². The third-order valence-corrected chi connectivity index (χ3v) is 2.79. The molecule has 0 fully saturated rings. The van der Waals surface area contributed by atoms with E-state index in [-0.39, 0.29) is 11.5 Å². The summed E-state index contributed by atoms with van der Waals surface area (Å²) in [5, 5.41) is 3.13. The average Bonchev–Trinajstić information content (AvgIpc) is 2.37. The molecule has 3 heteroatoms. The first-order valence-electron chi connectivity index (χ1n) is 4.14. The lowest BCUT2D eigenvalue weighted by molar-refractivity contribution is 0.318. The van der Waals surface area contributed by atoms with Crippen LogP contribution in [0.5, 0.6) is 0 Å². The Hall–Kier alpha value is -0.410. The monoisotopic (exact) mass is 184 g/mol. The molecule has 1 heterocycles. The molecule has 0 amide bonds. The minimum Gasteiger partial charge on any atom is -0.327 e. The zero-order valence-electron chi connectivity index (χ0n) is 7.87. The number of aromatic nitrogens is 1. The molecule has 1 rings (SSSR count). The van der Waals surface area contributed by atoms with Crippen LogP contribution in [0.25, 0.3) is 0 Å². The summed E-state index contributed by atoms with van der Waals surface area (Å²) in [6, 6.07) is 0.198. The zero-order chi connectivity index (χ0) is 9.19. The Morgan fingerprint density at radius 2 is 2.25 bits per heavy atom. The van der Waals surface area contributed by atoms with E-state index in [4.69, 9.17) is 5.73 Å². The van der Waals surface area contributed by atoms with Gasteiger partial charge < -0.3 is 5.73 Å². The second-order valence-electron chi connectivity index (χ2n) is 4.10. The van der Waals surface area contributed by atoms with E-state index in [9.17, 15) is 0 Å². The third kappa shape index (κ3) is 2.57. The fraction of sp³-hybridized carbons (Fsp3) is 0.667. The standard InChI is InChI=1S/C9H16N2S/c1-9(2,3)7(10)6-8-11-4-5-12-8/h4-5,7H,6,10H2,1-3H3. The van der Waals surface area contributed by atoms with Gasteiger partial charge in [0, 0.05) is 24.0 Å². The highest BCUT2D eigenvalue weighted by molar-refractivity contribution is 7.09. The lowest BCUT2D eigenvalue weighted by Crippen LogP contribution is -2.36. The largest absolute Gasteiger partial charge is 0.327 e. The molecule has 0 spiro atoms. The van der Waals surface area contributed by atoms with Crippen LogP contribution in [0, 0.1) is 5.41 Å². The van der Waals surface area contributed by atoms with Crippen LogP contribution in [0.15, 0.2) is 11.6 Å². The van der Waals surface area contributed by atoms with Crippen LogP contribution in [0.1, 0.15) is 25.8 Å². The van der Waals surface area contributed by atoms with Crippen molar-refractivity contribution in [3.05, 3.63) is 16.6 Å². The van der Waals surface area contributed by atoms with Crippen LogP contribution >= 0.6 is 11.3 Å². The smallest absolute Gasteiger partial charge is 0.0940 e. The van der Waals surface area contributed by atoms with Crippen molar-refractivity contribution in [2.45, 2.75) is 33.2 Å². The van der Waals surface area contributed by atoms with E-state index in [0.29, 0.717) is 0 Å². The maximum atomic E-state index is 6.01. The Bertz CT molecular complexity index is 223. The molecule has 68 valence electrons. The van der Waals surface area contributed by atoms with Gasteiger partial charge in [0.25, 0.3) is 0 Å². The molecule has 1 aromatic rings. The Kier molecular flexibility index (Phi) is 2.85. The van der Waals surface area contributed by atoms with Gasteiger partial charge in [-0.05, 0) is 5.41 Å². The predicted molar refractivity (Wildman–Crippen MR) is 53.2 cm³/mol. The minimum atomic E-state index is 0.172. The number of hydrogen-bond donors (Lipinski definition) is 1. The molecular weight excluding hydrogens is 168 g/mol. The van der Waals surface area contributed by atoms with E-state index in [1.165, 1.54) is 0 Å². The van der Waals surface area contributed by atoms with Crippen LogP contribution in [0.3, 0.4) is 0 Å². The summed E-state index contributed by atoms with van der Waals surface area (Å²) in [5.74, 6) is 0. The highest BCUT2D eigenvalue weighted by Gasteiger charge is 2.21. The first-order valence-corrected chi connectivity index (χ1v) is 5.02. The molecule has 1 unspecified atom stereocenters. The van der Waals surface area contributed by atoms with E-state index in [1.807, 2.05) is 11.6 Å². The van der Waals surface area contributed by atoms with Gasteiger partial charge in [-0.3, -0.25) is 0 Å². The molecule has 0 saturated carbocycles. The first kappa shape index (κ1) is 9.68. The summed E-state index contributed by atoms with van der Waals surface area (Å²) in [5.41, 5.74) is 6.18. The molecule has 1 aromatic heterocycles. The van der Waals surface area contributed by atoms with E-state index in [1.54, 1.807) is 11.3 Å². The molecule has 2 N–H and O–H groups in total. The van der Waals surface area contributed by atoms with Gasteiger partial charge in [0.05, 0.1) is 5.01 Å². The van der Waals surface area contributed by atoms with Gasteiger partial charge in [-0.15, -0.1) is 11.3 Å². The molecule has 0 bridgehead atoms. The van der Waals surface area contributed by atoms with Gasteiger partial charge in [0.2, 0.25) is 0 Å². The number of nitrogens with two attached hydrogens (primary N) is 1. The van der Waals surface area contributed by atoms with E-state index >= 15 is 0 Å². The average molecular weight is 184 g/mol. The first-order chi connectivity index (χ1) is 5.50. The van der Waals surface area contributed by atoms with Crippen molar-refractivity contribution in [3.63, 3.8) is 0 Å². The van der Waals surface area contributed by atoms with Crippen molar-refractivity contribution < 1.29 is 0 Å². The van der Waals surface area contributed by atoms with Crippen molar-refractivity contribution >= 4 is 11.3 Å². The predicted octanol–water partition coefficient (Wildman–Crippen LogP) is 2.06. The summed E-state index contributed by atoms with van der Waals surface area (Å²) in [4.78, 5) is 4.21. The van der Waals surface area contributed by atoms with Gasteiger partial charge in [-0.25, -0.2) is 4.98 Å². The fourth-order valence-electron chi connectivity index (χ4n) is 0.848. The van der Waals surface area contributed by atoms with Gasteiger partial charge in [-0.1, -0.05) is 20.8 Å². The lowest BCUT2D eigenvalue weighted by atomic mass is 9.86. The summed E-state index contributed by atoms with van der Waals surface area (Å²) in [6.45, 7) is 6.47. The highest BCUT2D eigenvalue weighted by atomic mass is 32.1. The Morgan fingerprint density at radius 1 is 1.58 bits per heavy atom. The molecule has 1 atom stereocenters. The Labute approximate surface area is 77.8 Å². The molecule has 0 aliphatic carbocycles. The second-order valence-corrected chi connectivity index (χ2v) is 5.08. The minimum absolute atomic E-state index is 0.172. The number of nitrogens with zero attached hydrogens (tertiary/aromatic N) is 1. The zero-order valence-corrected chi connectivity index (χ0v) is 8.69. The van der Waals surface area contributed by atoms with E-state index < -0.39 is 0 Å². The molecular formula is C9H16N2S. The van der Waals surface area contributed by atoms with Crippen LogP contribution in [0.2, 0.25) is 0 Å². The second kappa shape index (κ2) is 3.54. The molecule has 0 saturated heterocycles. The molecule has 0 aromatic carbocycles. The highest BCUT2D eigenvalue weighted by Crippen LogP contribution is 2.21. The lowest BCUT2D eigenvalue weighted by Gasteiger charge is -2.26. The van der Waals surface area contributed by atoms with Crippen LogP contribution < -0.4 is 5.73 Å². The quantitative estimate of drug-likeness (QED) is 0.764. The maximum absolute atomic E-state index is 6.01. The van der Waals surface area contributed by atoms with Gasteiger partial charge >= 0.3 is 0 Å². The molecule has 12 heavy (non-hydrogen) atoms. The SMILES string of the molecule is CC(C)(C)C(N)Cc1nccs1. The molecule has 0 radical (unpaired) electrons. The number of rotatable bonds is 2. The van der Waals surface area contributed by atoms with Gasteiger partial charge in [0.15, 0.2) is 0 Å².